The number of hydrogen-bond acceptors (Lipinski definition) is 1. The Bertz CT molecular complexity index is 388. The highest BCUT2D eigenvalue weighted by atomic mass is 127. The maximum Gasteiger partial charge on any atom is 0.0314 e. The van der Waals surface area contributed by atoms with Crippen molar-refractivity contribution in [3.63, 3.8) is 0 Å². The summed E-state index contributed by atoms with van der Waals surface area (Å²) in [6.45, 7) is 0. The highest BCUT2D eigenvalue weighted by Crippen LogP contribution is 2.13. The summed E-state index contributed by atoms with van der Waals surface area (Å²) in [6, 6.07) is 16.6. The van der Waals surface area contributed by atoms with Crippen LogP contribution in [0, 0.1) is 3.57 Å². The Kier molecular flexibility index (Phi) is 3.26. The van der Waals surface area contributed by atoms with Gasteiger partial charge in [0.25, 0.3) is 0 Å². The lowest BCUT2D eigenvalue weighted by molar-refractivity contribution is 1.19. The molecule has 15 heavy (non-hydrogen) atoms. The summed E-state index contributed by atoms with van der Waals surface area (Å²) < 4.78 is 1.27. The maximum absolute atomic E-state index is 5.64. The second-order valence-electron chi connectivity index (χ2n) is 3.54. The van der Waals surface area contributed by atoms with Gasteiger partial charge in [-0.2, -0.15) is 0 Å². The van der Waals surface area contributed by atoms with Gasteiger partial charge in [0, 0.05) is 9.26 Å². The summed E-state index contributed by atoms with van der Waals surface area (Å²) >= 11 is 2.32. The predicted molar refractivity (Wildman–Crippen MR) is 72.8 cm³/mol. The van der Waals surface area contributed by atoms with Gasteiger partial charge in [0.15, 0.2) is 0 Å². The minimum absolute atomic E-state index is 0.821. The molecule has 2 heteroatoms. The average molecular weight is 309 g/mol. The fraction of sp³-hybridized carbons (Fsp3) is 0.0769. The summed E-state index contributed by atoms with van der Waals surface area (Å²) in [5, 5.41) is 0. The number of nitrogens with two attached hydrogens (primary N) is 1. The van der Waals surface area contributed by atoms with Crippen LogP contribution in [0.5, 0.6) is 0 Å². The number of nitrogen functional groups attached to an aromatic ring is 1. The zero-order valence-corrected chi connectivity index (χ0v) is 10.4. The first-order valence-corrected chi connectivity index (χ1v) is 5.91. The summed E-state index contributed by atoms with van der Waals surface area (Å²) in [5.74, 6) is 0. The number of halogens is 1. The van der Waals surface area contributed by atoms with E-state index in [1.54, 1.807) is 0 Å². The number of anilines is 1. The van der Waals surface area contributed by atoms with Crippen molar-refractivity contribution in [3.05, 3.63) is 63.2 Å². The Hall–Kier alpha value is -1.03. The molecular formula is C13H12IN. The Balaban J connectivity index is 2.15. The Morgan fingerprint density at radius 3 is 1.80 bits per heavy atom. The van der Waals surface area contributed by atoms with E-state index in [9.17, 15) is 0 Å². The molecule has 0 saturated heterocycles. The topological polar surface area (TPSA) is 26.0 Å². The lowest BCUT2D eigenvalue weighted by Crippen LogP contribution is -1.89. The summed E-state index contributed by atoms with van der Waals surface area (Å²) in [6.07, 6.45) is 0.969. The van der Waals surface area contributed by atoms with Gasteiger partial charge in [-0.25, -0.2) is 0 Å². The molecule has 0 aliphatic heterocycles. The van der Waals surface area contributed by atoms with E-state index in [1.165, 1.54) is 14.7 Å². The third-order valence-corrected chi connectivity index (χ3v) is 3.02. The normalized spacial score (nSPS) is 10.2. The van der Waals surface area contributed by atoms with Gasteiger partial charge in [-0.05, 0) is 64.4 Å². The zero-order valence-electron chi connectivity index (χ0n) is 8.28. The molecule has 0 aliphatic rings. The average Bonchev–Trinajstić information content (AvgIpc) is 2.25. The van der Waals surface area contributed by atoms with Crippen molar-refractivity contribution in [2.24, 2.45) is 0 Å². The lowest BCUT2D eigenvalue weighted by atomic mass is 10.1. The highest BCUT2D eigenvalue weighted by Gasteiger charge is 1.96. The monoisotopic (exact) mass is 309 g/mol. The molecule has 0 fully saturated rings. The fourth-order valence-corrected chi connectivity index (χ4v) is 1.83. The molecule has 2 N–H and O–H groups in total. The van der Waals surface area contributed by atoms with Crippen LogP contribution in [-0.2, 0) is 6.42 Å². The number of benzene rings is 2. The van der Waals surface area contributed by atoms with Crippen LogP contribution in [0.3, 0.4) is 0 Å². The van der Waals surface area contributed by atoms with Gasteiger partial charge in [-0.1, -0.05) is 24.3 Å². The van der Waals surface area contributed by atoms with Gasteiger partial charge in [0.1, 0.15) is 0 Å². The molecule has 2 rings (SSSR count). The van der Waals surface area contributed by atoms with Crippen LogP contribution in [0.1, 0.15) is 11.1 Å². The van der Waals surface area contributed by atoms with E-state index >= 15 is 0 Å². The standard InChI is InChI=1S/C13H12IN/c14-12-5-1-10(2-6-12)9-11-3-7-13(15)8-4-11/h1-8H,9,15H2. The largest absolute Gasteiger partial charge is 0.399 e. The molecular weight excluding hydrogens is 297 g/mol. The first-order chi connectivity index (χ1) is 7.24. The van der Waals surface area contributed by atoms with Crippen LogP contribution in [0.15, 0.2) is 48.5 Å². The van der Waals surface area contributed by atoms with Gasteiger partial charge in [-0.3, -0.25) is 0 Å². The Labute approximate surface area is 103 Å². The summed E-state index contributed by atoms with van der Waals surface area (Å²) in [5.41, 5.74) is 9.09. The van der Waals surface area contributed by atoms with Crippen LogP contribution in [0.25, 0.3) is 0 Å². The molecule has 0 saturated carbocycles. The number of rotatable bonds is 2. The summed E-state index contributed by atoms with van der Waals surface area (Å²) in [7, 11) is 0. The van der Waals surface area contributed by atoms with Crippen molar-refractivity contribution < 1.29 is 0 Å². The second kappa shape index (κ2) is 4.66. The van der Waals surface area contributed by atoms with Crippen LogP contribution >= 0.6 is 22.6 Å². The van der Waals surface area contributed by atoms with E-state index in [0.29, 0.717) is 0 Å². The van der Waals surface area contributed by atoms with Crippen LogP contribution in [0.4, 0.5) is 5.69 Å². The van der Waals surface area contributed by atoms with Crippen LogP contribution < -0.4 is 5.73 Å². The molecule has 0 atom stereocenters. The van der Waals surface area contributed by atoms with E-state index in [4.69, 9.17) is 5.73 Å². The number of hydrogen-bond donors (Lipinski definition) is 1. The molecule has 0 bridgehead atoms. The maximum atomic E-state index is 5.64. The van der Waals surface area contributed by atoms with E-state index in [1.807, 2.05) is 12.1 Å². The highest BCUT2D eigenvalue weighted by molar-refractivity contribution is 14.1. The molecule has 0 spiro atoms. The molecule has 0 amide bonds. The van der Waals surface area contributed by atoms with Crippen molar-refractivity contribution in [2.45, 2.75) is 6.42 Å². The molecule has 0 aromatic heterocycles. The van der Waals surface area contributed by atoms with Crippen molar-refractivity contribution in [2.75, 3.05) is 5.73 Å². The van der Waals surface area contributed by atoms with Gasteiger partial charge in [-0.15, -0.1) is 0 Å². The van der Waals surface area contributed by atoms with Gasteiger partial charge in [0.2, 0.25) is 0 Å². The lowest BCUT2D eigenvalue weighted by Gasteiger charge is -2.02. The van der Waals surface area contributed by atoms with Crippen molar-refractivity contribution in [1.82, 2.24) is 0 Å². The van der Waals surface area contributed by atoms with E-state index in [0.717, 1.165) is 12.1 Å². The van der Waals surface area contributed by atoms with Crippen LogP contribution in [-0.4, -0.2) is 0 Å². The smallest absolute Gasteiger partial charge is 0.0314 e. The van der Waals surface area contributed by atoms with Gasteiger partial charge < -0.3 is 5.73 Å². The molecule has 2 aromatic rings. The third kappa shape index (κ3) is 2.96. The molecule has 0 radical (unpaired) electrons. The molecule has 0 unspecified atom stereocenters. The molecule has 0 heterocycles. The minimum Gasteiger partial charge on any atom is -0.399 e. The Morgan fingerprint density at radius 1 is 0.800 bits per heavy atom. The van der Waals surface area contributed by atoms with Crippen molar-refractivity contribution in [3.8, 4) is 0 Å². The molecule has 1 nitrogen and oxygen atoms in total. The molecule has 0 aliphatic carbocycles. The summed E-state index contributed by atoms with van der Waals surface area (Å²) in [4.78, 5) is 0. The predicted octanol–water partition coefficient (Wildman–Crippen LogP) is 3.46. The van der Waals surface area contributed by atoms with Crippen LogP contribution in [0.2, 0.25) is 0 Å². The first kappa shape index (κ1) is 10.5. The van der Waals surface area contributed by atoms with Crippen molar-refractivity contribution in [1.29, 1.82) is 0 Å². The minimum atomic E-state index is 0.821. The van der Waals surface area contributed by atoms with E-state index in [2.05, 4.69) is 59.0 Å². The molecule has 2 aromatic carbocycles. The van der Waals surface area contributed by atoms with Gasteiger partial charge >= 0.3 is 0 Å². The zero-order chi connectivity index (χ0) is 10.7. The van der Waals surface area contributed by atoms with E-state index < -0.39 is 0 Å². The van der Waals surface area contributed by atoms with Gasteiger partial charge in [0.05, 0.1) is 0 Å². The van der Waals surface area contributed by atoms with E-state index in [-0.39, 0.29) is 0 Å². The third-order valence-electron chi connectivity index (χ3n) is 2.30. The molecule has 76 valence electrons. The fourth-order valence-electron chi connectivity index (χ4n) is 1.47. The SMILES string of the molecule is Nc1ccc(Cc2ccc(I)cc2)cc1. The quantitative estimate of drug-likeness (QED) is 0.667. The second-order valence-corrected chi connectivity index (χ2v) is 4.79. The Morgan fingerprint density at radius 2 is 1.27 bits per heavy atom. The van der Waals surface area contributed by atoms with Crippen molar-refractivity contribution >= 4 is 28.3 Å². The first-order valence-electron chi connectivity index (χ1n) is 4.83.